The van der Waals surface area contributed by atoms with E-state index in [-0.39, 0.29) is 21.7 Å². The molecule has 0 aromatic heterocycles. The molecule has 58 heavy (non-hydrogen) atoms. The summed E-state index contributed by atoms with van der Waals surface area (Å²) >= 11 is 0. The van der Waals surface area contributed by atoms with Crippen molar-refractivity contribution in [3.05, 3.63) is 178 Å². The van der Waals surface area contributed by atoms with Gasteiger partial charge in [0.1, 0.15) is 0 Å². The molecule has 0 amide bonds. The summed E-state index contributed by atoms with van der Waals surface area (Å²) in [5.41, 5.74) is 22.2. The van der Waals surface area contributed by atoms with Gasteiger partial charge in [-0.1, -0.05) is 189 Å². The lowest BCUT2D eigenvalue weighted by Crippen LogP contribution is -2.30. The first-order valence-electron chi connectivity index (χ1n) is 21.3. The molecular formula is C58H46. The Hall–Kier alpha value is -5.98. The lowest BCUT2D eigenvalue weighted by Gasteiger charge is -2.43. The maximum Gasteiger partial charge on any atom is 0.0159 e. The molecule has 4 aliphatic rings. The van der Waals surface area contributed by atoms with E-state index in [0.29, 0.717) is 0 Å². The fourth-order valence-corrected chi connectivity index (χ4v) is 13.0. The molecule has 0 atom stereocenters. The van der Waals surface area contributed by atoms with Crippen LogP contribution < -0.4 is 0 Å². The van der Waals surface area contributed by atoms with Gasteiger partial charge in [-0.05, 0) is 132 Å². The van der Waals surface area contributed by atoms with Crippen LogP contribution in [0, 0.1) is 0 Å². The third kappa shape index (κ3) is 3.55. The van der Waals surface area contributed by atoms with Crippen molar-refractivity contribution in [2.75, 3.05) is 0 Å². The summed E-state index contributed by atoms with van der Waals surface area (Å²) < 4.78 is 0. The molecule has 0 nitrogen and oxygen atoms in total. The van der Waals surface area contributed by atoms with Crippen LogP contribution >= 0.6 is 0 Å². The van der Waals surface area contributed by atoms with Crippen molar-refractivity contribution in [2.45, 2.75) is 77.0 Å². The molecule has 0 heterocycles. The topological polar surface area (TPSA) is 0 Å². The van der Waals surface area contributed by atoms with Crippen molar-refractivity contribution in [1.82, 2.24) is 0 Å². The van der Waals surface area contributed by atoms with E-state index >= 15 is 0 Å². The lowest BCUT2D eigenvalue weighted by molar-refractivity contribution is 0.618. The van der Waals surface area contributed by atoms with Crippen molar-refractivity contribution in [3.63, 3.8) is 0 Å². The Morgan fingerprint density at radius 1 is 0.224 bits per heavy atom. The molecule has 278 valence electrons. The Balaban J connectivity index is 1.11. The average Bonchev–Trinajstić information content (AvgIpc) is 3.22. The van der Waals surface area contributed by atoms with Crippen molar-refractivity contribution < 1.29 is 0 Å². The number of hydrogen-bond donors (Lipinski definition) is 0. The second-order valence-corrected chi connectivity index (χ2v) is 19.9. The fourth-order valence-electron chi connectivity index (χ4n) is 13.0. The van der Waals surface area contributed by atoms with E-state index in [0.717, 1.165) is 0 Å². The third-order valence-electron chi connectivity index (χ3n) is 15.8. The third-order valence-corrected chi connectivity index (χ3v) is 15.8. The quantitative estimate of drug-likeness (QED) is 0.155. The highest BCUT2D eigenvalue weighted by Gasteiger charge is 2.45. The van der Waals surface area contributed by atoms with Crippen molar-refractivity contribution in [3.8, 4) is 44.5 Å². The zero-order valence-electron chi connectivity index (χ0n) is 34.7. The summed E-state index contributed by atoms with van der Waals surface area (Å²) in [4.78, 5) is 0. The van der Waals surface area contributed by atoms with Gasteiger partial charge in [-0.2, -0.15) is 0 Å². The fraction of sp³-hybridized carbons (Fsp3) is 0.207. The monoisotopic (exact) mass is 742 g/mol. The van der Waals surface area contributed by atoms with Crippen molar-refractivity contribution in [2.24, 2.45) is 0 Å². The Labute approximate surface area is 341 Å². The summed E-state index contributed by atoms with van der Waals surface area (Å²) in [5, 5.41) is 11.2. The largest absolute Gasteiger partial charge is 0.0616 e. The summed E-state index contributed by atoms with van der Waals surface area (Å²) in [6, 6.07) is 52.2. The maximum absolute atomic E-state index is 2.43. The van der Waals surface area contributed by atoms with Crippen LogP contribution in [0.2, 0.25) is 0 Å². The minimum absolute atomic E-state index is 0.115. The number of hydrogen-bond acceptors (Lipinski definition) is 0. The first-order chi connectivity index (χ1) is 27.8. The molecule has 4 aliphatic carbocycles. The van der Waals surface area contributed by atoms with Gasteiger partial charge in [-0.15, -0.1) is 0 Å². The van der Waals surface area contributed by atoms with Crippen LogP contribution in [0.5, 0.6) is 0 Å². The number of benzene rings is 9. The second-order valence-electron chi connectivity index (χ2n) is 19.9. The Morgan fingerprint density at radius 3 is 0.707 bits per heavy atom. The minimum atomic E-state index is -0.115. The molecule has 0 saturated heterocycles. The van der Waals surface area contributed by atoms with Gasteiger partial charge in [0.15, 0.2) is 0 Å². The van der Waals surface area contributed by atoms with Gasteiger partial charge in [-0.25, -0.2) is 0 Å². The van der Waals surface area contributed by atoms with Crippen LogP contribution in [0.1, 0.15) is 99.9 Å². The minimum Gasteiger partial charge on any atom is -0.0616 e. The van der Waals surface area contributed by atoms with E-state index in [1.54, 1.807) is 0 Å². The van der Waals surface area contributed by atoms with Gasteiger partial charge in [0, 0.05) is 21.7 Å². The van der Waals surface area contributed by atoms with Gasteiger partial charge < -0.3 is 0 Å². The summed E-state index contributed by atoms with van der Waals surface area (Å²) in [5.74, 6) is 0. The van der Waals surface area contributed by atoms with Crippen LogP contribution in [0.4, 0.5) is 0 Å². The zero-order valence-corrected chi connectivity index (χ0v) is 34.7. The van der Waals surface area contributed by atoms with Crippen LogP contribution in [-0.2, 0) is 21.7 Å². The normalized spacial score (nSPS) is 17.5. The van der Waals surface area contributed by atoms with Crippen molar-refractivity contribution >= 4 is 43.1 Å². The zero-order chi connectivity index (χ0) is 39.4. The first kappa shape index (κ1) is 33.0. The van der Waals surface area contributed by atoms with Gasteiger partial charge in [0.05, 0.1) is 0 Å². The molecule has 0 bridgehead atoms. The summed E-state index contributed by atoms with van der Waals surface area (Å²) in [6.45, 7) is 19.5. The molecule has 0 radical (unpaired) electrons. The van der Waals surface area contributed by atoms with Crippen LogP contribution in [-0.4, -0.2) is 0 Å². The van der Waals surface area contributed by atoms with Gasteiger partial charge in [0.25, 0.3) is 0 Å². The van der Waals surface area contributed by atoms with E-state index in [4.69, 9.17) is 0 Å². The molecular weight excluding hydrogens is 697 g/mol. The van der Waals surface area contributed by atoms with E-state index in [9.17, 15) is 0 Å². The van der Waals surface area contributed by atoms with E-state index in [1.807, 2.05) is 0 Å². The molecule has 9 aromatic rings. The Bertz CT molecular complexity index is 3000. The Morgan fingerprint density at radius 2 is 0.448 bits per heavy atom. The SMILES string of the molecule is CC1(C)c2cccc3c2-c2c4c1cccc4c(-c1ccc(-c4c5cccc6c5c5c7c(cccc47)C(C)(C)c4cccc(c4-5)C6(C)C)cc1)c1cccc(c21)C3(C)C. The summed E-state index contributed by atoms with van der Waals surface area (Å²) in [7, 11) is 0. The smallest absolute Gasteiger partial charge is 0.0159 e. The van der Waals surface area contributed by atoms with Crippen molar-refractivity contribution in [1.29, 1.82) is 0 Å². The van der Waals surface area contributed by atoms with Gasteiger partial charge in [-0.3, -0.25) is 0 Å². The molecule has 13 rings (SSSR count). The predicted molar refractivity (Wildman–Crippen MR) is 247 cm³/mol. The van der Waals surface area contributed by atoms with E-state index < -0.39 is 0 Å². The molecule has 0 spiro atoms. The molecule has 9 aromatic carbocycles. The lowest BCUT2D eigenvalue weighted by atomic mass is 9.59. The molecule has 0 N–H and O–H groups in total. The summed E-state index contributed by atoms with van der Waals surface area (Å²) in [6.07, 6.45) is 0. The maximum atomic E-state index is 2.43. The van der Waals surface area contributed by atoms with Crippen LogP contribution in [0.25, 0.3) is 87.6 Å². The van der Waals surface area contributed by atoms with E-state index in [1.165, 1.54) is 132 Å². The molecule has 0 fully saturated rings. The van der Waals surface area contributed by atoms with Crippen LogP contribution in [0.15, 0.2) is 133 Å². The molecule has 0 aliphatic heterocycles. The van der Waals surface area contributed by atoms with E-state index in [2.05, 4.69) is 189 Å². The number of rotatable bonds is 2. The second kappa shape index (κ2) is 10.2. The first-order valence-corrected chi connectivity index (χ1v) is 21.3. The van der Waals surface area contributed by atoms with Gasteiger partial charge >= 0.3 is 0 Å². The molecule has 0 unspecified atom stereocenters. The average molecular weight is 743 g/mol. The predicted octanol–water partition coefficient (Wildman–Crippen LogP) is 15.5. The highest BCUT2D eigenvalue weighted by Crippen LogP contribution is 2.62. The highest BCUT2D eigenvalue weighted by atomic mass is 14.5. The van der Waals surface area contributed by atoms with Crippen LogP contribution in [0.3, 0.4) is 0 Å². The Kier molecular flexibility index (Phi) is 5.79. The standard InChI is InChI=1S/C58H46/c1-55(2)37-19-9-15-33-45(34-16-10-20-38-48(34)53(47(33)37)51-41(55)23-13-24-42(51)56(38,3)4)31-27-29-32(30-28-31)46-35-17-11-21-39-49(35)54-50-36(46)18-12-22-40(50)58(7,8)44-26-14-25-43(52(44)54)57(39,5)6/h9-30H,1-8H3. The molecule has 0 heteroatoms. The highest BCUT2D eigenvalue weighted by molar-refractivity contribution is 6.28. The molecule has 0 saturated carbocycles. The van der Waals surface area contributed by atoms with Gasteiger partial charge in [0.2, 0.25) is 0 Å².